The number of hydrogen-bond acceptors (Lipinski definition) is 4. The Labute approximate surface area is 127 Å². The van der Waals surface area contributed by atoms with Gasteiger partial charge in [-0.25, -0.2) is 4.39 Å². The van der Waals surface area contributed by atoms with Crippen LogP contribution in [0, 0.1) is 5.82 Å². The molecule has 0 saturated carbocycles. The van der Waals surface area contributed by atoms with Crippen molar-refractivity contribution in [3.05, 3.63) is 57.0 Å². The topological polar surface area (TPSA) is 70.6 Å². The Kier molecular flexibility index (Phi) is 5.30. The number of oxime groups is 1. The summed E-state index contributed by atoms with van der Waals surface area (Å²) in [5.74, 6) is -0.497. The quantitative estimate of drug-likeness (QED) is 0.333. The van der Waals surface area contributed by atoms with E-state index in [1.807, 2.05) is 0 Å². The fraction of sp³-hybridized carbons (Fsp3) is 0.267. The molecule has 4 N–H and O–H groups in total. The number of nitrogens with two attached hydrogens (primary N) is 1. The van der Waals surface area contributed by atoms with Gasteiger partial charge in [-0.1, -0.05) is 18.1 Å². The van der Waals surface area contributed by atoms with Crippen LogP contribution in [0.4, 0.5) is 4.39 Å². The van der Waals surface area contributed by atoms with Crippen LogP contribution in [0.5, 0.6) is 0 Å². The first kappa shape index (κ1) is 15.5. The maximum atomic E-state index is 13.3. The molecule has 21 heavy (non-hydrogen) atoms. The summed E-state index contributed by atoms with van der Waals surface area (Å²) < 4.78 is 13.3. The third-order valence-corrected chi connectivity index (χ3v) is 4.24. The summed E-state index contributed by atoms with van der Waals surface area (Å²) in [5.41, 5.74) is 8.12. The number of nitrogens with zero attached hydrogens (tertiary/aromatic N) is 1. The normalized spacial score (nSPS) is 11.8. The summed E-state index contributed by atoms with van der Waals surface area (Å²) in [6.07, 6.45) is 1.01. The highest BCUT2D eigenvalue weighted by Crippen LogP contribution is 2.17. The number of nitrogens with one attached hydrogen (secondary N) is 1. The molecule has 0 unspecified atom stereocenters. The summed E-state index contributed by atoms with van der Waals surface area (Å²) in [7, 11) is 0. The van der Waals surface area contributed by atoms with E-state index in [0.717, 1.165) is 18.5 Å². The van der Waals surface area contributed by atoms with E-state index < -0.39 is 5.82 Å². The lowest BCUT2D eigenvalue weighted by Gasteiger charge is -2.10. The number of rotatable bonds is 6. The van der Waals surface area contributed by atoms with Gasteiger partial charge in [0.15, 0.2) is 5.84 Å². The average molecular weight is 307 g/mol. The van der Waals surface area contributed by atoms with Gasteiger partial charge >= 0.3 is 0 Å². The highest BCUT2D eigenvalue weighted by atomic mass is 32.1. The maximum absolute atomic E-state index is 13.3. The minimum atomic E-state index is -0.410. The number of thiophene rings is 1. The molecule has 0 aliphatic heterocycles. The molecule has 2 aromatic rings. The highest BCUT2D eigenvalue weighted by molar-refractivity contribution is 7.10. The fourth-order valence-corrected chi connectivity index (χ4v) is 3.09. The van der Waals surface area contributed by atoms with Crippen molar-refractivity contribution in [2.24, 2.45) is 10.9 Å². The van der Waals surface area contributed by atoms with Crippen LogP contribution in [0.1, 0.15) is 28.5 Å². The predicted molar refractivity (Wildman–Crippen MR) is 83.2 cm³/mol. The van der Waals surface area contributed by atoms with E-state index in [4.69, 9.17) is 10.9 Å². The molecule has 0 aliphatic carbocycles. The molecule has 0 saturated heterocycles. The van der Waals surface area contributed by atoms with Gasteiger partial charge in [-0.05, 0) is 41.1 Å². The molecule has 0 spiro atoms. The Hall–Kier alpha value is -1.92. The van der Waals surface area contributed by atoms with Crippen LogP contribution < -0.4 is 11.1 Å². The third kappa shape index (κ3) is 3.80. The highest BCUT2D eigenvalue weighted by Gasteiger charge is 2.09. The zero-order valence-corrected chi connectivity index (χ0v) is 12.6. The van der Waals surface area contributed by atoms with Gasteiger partial charge < -0.3 is 16.3 Å². The van der Waals surface area contributed by atoms with Crippen molar-refractivity contribution in [3.63, 3.8) is 0 Å². The number of amidine groups is 1. The Morgan fingerprint density at radius 3 is 2.86 bits per heavy atom. The molecule has 1 aromatic heterocycles. The van der Waals surface area contributed by atoms with Gasteiger partial charge in [0.1, 0.15) is 5.82 Å². The van der Waals surface area contributed by atoms with E-state index in [2.05, 4.69) is 28.8 Å². The maximum Gasteiger partial charge on any atom is 0.170 e. The molecule has 0 aliphatic rings. The van der Waals surface area contributed by atoms with Crippen LogP contribution in [-0.4, -0.2) is 11.0 Å². The minimum Gasteiger partial charge on any atom is -0.409 e. The number of aryl methyl sites for hydroxylation is 1. The molecule has 0 amide bonds. The van der Waals surface area contributed by atoms with E-state index in [0.29, 0.717) is 12.1 Å². The molecular formula is C15H18FN3OS. The van der Waals surface area contributed by atoms with Crippen LogP contribution in [0.15, 0.2) is 34.8 Å². The summed E-state index contributed by atoms with van der Waals surface area (Å²) in [6.45, 7) is 3.39. The molecule has 4 nitrogen and oxygen atoms in total. The number of benzene rings is 1. The van der Waals surface area contributed by atoms with Gasteiger partial charge in [-0.3, -0.25) is 0 Å². The van der Waals surface area contributed by atoms with Gasteiger partial charge in [0.05, 0.1) is 0 Å². The van der Waals surface area contributed by atoms with Crippen molar-refractivity contribution in [3.8, 4) is 0 Å². The fourth-order valence-electron chi connectivity index (χ4n) is 2.14. The van der Waals surface area contributed by atoms with Crippen molar-refractivity contribution < 1.29 is 9.60 Å². The van der Waals surface area contributed by atoms with Crippen LogP contribution >= 0.6 is 11.3 Å². The predicted octanol–water partition coefficient (Wildman–Crippen LogP) is 2.83. The van der Waals surface area contributed by atoms with Gasteiger partial charge in [-0.15, -0.1) is 11.3 Å². The van der Waals surface area contributed by atoms with E-state index in [-0.39, 0.29) is 5.84 Å². The Morgan fingerprint density at radius 2 is 2.14 bits per heavy atom. The van der Waals surface area contributed by atoms with Crippen LogP contribution in [-0.2, 0) is 19.5 Å². The van der Waals surface area contributed by atoms with E-state index in [1.54, 1.807) is 17.4 Å². The van der Waals surface area contributed by atoms with Gasteiger partial charge in [-0.2, -0.15) is 0 Å². The summed E-state index contributed by atoms with van der Waals surface area (Å²) in [5, 5.41) is 17.1. The van der Waals surface area contributed by atoms with E-state index in [1.165, 1.54) is 22.6 Å². The SMILES string of the molecule is CCc1ccsc1CNCc1ccc(F)cc1/C(N)=N/O. The zero-order chi connectivity index (χ0) is 15.2. The molecule has 0 bridgehead atoms. The number of halogens is 1. The molecule has 1 aromatic carbocycles. The van der Waals surface area contributed by atoms with E-state index in [9.17, 15) is 4.39 Å². The monoisotopic (exact) mass is 307 g/mol. The third-order valence-electron chi connectivity index (χ3n) is 3.28. The molecule has 112 valence electrons. The first-order chi connectivity index (χ1) is 10.2. The largest absolute Gasteiger partial charge is 0.409 e. The molecule has 2 rings (SSSR count). The lowest BCUT2D eigenvalue weighted by atomic mass is 10.1. The van der Waals surface area contributed by atoms with Crippen molar-refractivity contribution in [1.82, 2.24) is 5.32 Å². The Bertz CT molecular complexity index is 640. The van der Waals surface area contributed by atoms with Crippen molar-refractivity contribution in [2.45, 2.75) is 26.4 Å². The molecule has 0 radical (unpaired) electrons. The van der Waals surface area contributed by atoms with Gasteiger partial charge in [0.2, 0.25) is 0 Å². The minimum absolute atomic E-state index is 0.0864. The number of hydrogen-bond donors (Lipinski definition) is 3. The van der Waals surface area contributed by atoms with Crippen LogP contribution in [0.25, 0.3) is 0 Å². The standard InChI is InChI=1S/C15H18FN3OS/c1-2-10-5-6-21-14(10)9-18-8-11-3-4-12(16)7-13(11)15(17)19-20/h3-7,18,20H,2,8-9H2,1H3,(H2,17,19). The van der Waals surface area contributed by atoms with E-state index >= 15 is 0 Å². The van der Waals surface area contributed by atoms with Crippen molar-refractivity contribution in [2.75, 3.05) is 0 Å². The first-order valence-electron chi connectivity index (χ1n) is 6.68. The second-order valence-corrected chi connectivity index (χ2v) is 5.61. The zero-order valence-electron chi connectivity index (χ0n) is 11.8. The lowest BCUT2D eigenvalue weighted by molar-refractivity contribution is 0.318. The summed E-state index contributed by atoms with van der Waals surface area (Å²) in [4.78, 5) is 1.30. The second kappa shape index (κ2) is 7.19. The smallest absolute Gasteiger partial charge is 0.170 e. The molecular weight excluding hydrogens is 289 g/mol. The lowest BCUT2D eigenvalue weighted by Crippen LogP contribution is -2.20. The summed E-state index contributed by atoms with van der Waals surface area (Å²) >= 11 is 1.72. The summed E-state index contributed by atoms with van der Waals surface area (Å²) in [6, 6.07) is 6.41. The molecule has 0 atom stereocenters. The Balaban J connectivity index is 2.06. The van der Waals surface area contributed by atoms with Crippen LogP contribution in [0.3, 0.4) is 0 Å². The average Bonchev–Trinajstić information content (AvgIpc) is 2.95. The van der Waals surface area contributed by atoms with Crippen molar-refractivity contribution >= 4 is 17.2 Å². The Morgan fingerprint density at radius 1 is 1.33 bits per heavy atom. The molecule has 0 fully saturated rings. The van der Waals surface area contributed by atoms with Gasteiger partial charge in [0.25, 0.3) is 0 Å². The molecule has 1 heterocycles. The first-order valence-corrected chi connectivity index (χ1v) is 7.56. The van der Waals surface area contributed by atoms with Gasteiger partial charge in [0, 0.05) is 23.5 Å². The van der Waals surface area contributed by atoms with Crippen LogP contribution in [0.2, 0.25) is 0 Å². The van der Waals surface area contributed by atoms with Crippen molar-refractivity contribution in [1.29, 1.82) is 0 Å². The molecule has 6 heteroatoms. The second-order valence-electron chi connectivity index (χ2n) is 4.61.